The number of aromatic nitrogens is 1. The predicted molar refractivity (Wildman–Crippen MR) is 96.2 cm³/mol. The molecular weight excluding hydrogens is 324 g/mol. The average molecular weight is 340 g/mol. The molecule has 0 bridgehead atoms. The van der Waals surface area contributed by atoms with Gasteiger partial charge in [0.1, 0.15) is 0 Å². The summed E-state index contributed by atoms with van der Waals surface area (Å²) in [6.07, 6.45) is 5.25. The van der Waals surface area contributed by atoms with Gasteiger partial charge in [0.15, 0.2) is 0 Å². The first-order chi connectivity index (χ1) is 11.3. The van der Waals surface area contributed by atoms with E-state index in [1.54, 1.807) is 34.9 Å². The second-order valence-corrected chi connectivity index (χ2v) is 6.60. The Bertz CT molecular complexity index is 750. The number of rotatable bonds is 6. The minimum atomic E-state index is -0.00643. The Morgan fingerprint density at radius 1 is 1.09 bits per heavy atom. The van der Waals surface area contributed by atoms with Crippen molar-refractivity contribution in [3.63, 3.8) is 0 Å². The topological polar surface area (TPSA) is 33.2 Å². The van der Waals surface area contributed by atoms with Crippen molar-refractivity contribution < 1.29 is 4.79 Å². The molecule has 5 heteroatoms. The van der Waals surface area contributed by atoms with E-state index < -0.39 is 0 Å². The molecule has 0 atom stereocenters. The fraction of sp³-hybridized carbons (Fsp3) is 0.111. The molecule has 3 nitrogen and oxygen atoms in total. The Morgan fingerprint density at radius 2 is 1.96 bits per heavy atom. The smallest absolute Gasteiger partial charge is 0.247 e. The summed E-state index contributed by atoms with van der Waals surface area (Å²) in [6, 6.07) is 9.81. The molecule has 0 saturated carbocycles. The molecule has 0 radical (unpaired) electrons. The first-order valence-electron chi connectivity index (χ1n) is 7.21. The number of hydrogen-bond acceptors (Lipinski definition) is 4. The van der Waals surface area contributed by atoms with Gasteiger partial charge in [-0.3, -0.25) is 9.78 Å². The summed E-state index contributed by atoms with van der Waals surface area (Å²) in [7, 11) is 0. The van der Waals surface area contributed by atoms with Crippen molar-refractivity contribution in [3.05, 3.63) is 80.9 Å². The van der Waals surface area contributed by atoms with Crippen molar-refractivity contribution in [1.82, 2.24) is 9.88 Å². The third kappa shape index (κ3) is 4.61. The van der Waals surface area contributed by atoms with Gasteiger partial charge in [-0.25, -0.2) is 0 Å². The third-order valence-electron chi connectivity index (χ3n) is 3.31. The Labute approximate surface area is 143 Å². The average Bonchev–Trinajstić information content (AvgIpc) is 3.26. The van der Waals surface area contributed by atoms with Gasteiger partial charge in [0.2, 0.25) is 5.91 Å². The van der Waals surface area contributed by atoms with Crippen LogP contribution in [-0.2, 0) is 17.9 Å². The number of carbonyl (C=O) groups is 1. The highest BCUT2D eigenvalue weighted by Gasteiger charge is 2.13. The SMILES string of the molecule is O=C(/C=C/c1ccsc1)N(Cc1ccsc1)Cc1ccccn1. The summed E-state index contributed by atoms with van der Waals surface area (Å²) in [5.41, 5.74) is 3.08. The lowest BCUT2D eigenvalue weighted by molar-refractivity contribution is -0.127. The zero-order valence-corrected chi connectivity index (χ0v) is 14.1. The third-order valence-corrected chi connectivity index (χ3v) is 4.74. The van der Waals surface area contributed by atoms with Gasteiger partial charge in [-0.15, -0.1) is 0 Å². The van der Waals surface area contributed by atoms with Crippen molar-refractivity contribution in [1.29, 1.82) is 0 Å². The van der Waals surface area contributed by atoms with Gasteiger partial charge in [-0.2, -0.15) is 22.7 Å². The van der Waals surface area contributed by atoms with Crippen LogP contribution in [0, 0.1) is 0 Å². The van der Waals surface area contributed by atoms with Crippen LogP contribution in [0.3, 0.4) is 0 Å². The van der Waals surface area contributed by atoms with Gasteiger partial charge < -0.3 is 4.90 Å². The summed E-state index contributed by atoms with van der Waals surface area (Å²) in [6.45, 7) is 1.09. The van der Waals surface area contributed by atoms with Crippen LogP contribution in [0.2, 0.25) is 0 Å². The first-order valence-corrected chi connectivity index (χ1v) is 9.10. The number of amides is 1. The van der Waals surface area contributed by atoms with Crippen molar-refractivity contribution in [2.45, 2.75) is 13.1 Å². The lowest BCUT2D eigenvalue weighted by Gasteiger charge is -2.20. The Morgan fingerprint density at radius 3 is 2.65 bits per heavy atom. The summed E-state index contributed by atoms with van der Waals surface area (Å²) in [5.74, 6) is -0.00643. The molecule has 0 fully saturated rings. The van der Waals surface area contributed by atoms with Crippen LogP contribution in [-0.4, -0.2) is 15.8 Å². The monoisotopic (exact) mass is 340 g/mol. The molecule has 3 aromatic heterocycles. The van der Waals surface area contributed by atoms with E-state index in [1.165, 1.54) is 0 Å². The maximum Gasteiger partial charge on any atom is 0.247 e. The highest BCUT2D eigenvalue weighted by molar-refractivity contribution is 7.08. The molecule has 3 rings (SSSR count). The van der Waals surface area contributed by atoms with Crippen LogP contribution < -0.4 is 0 Å². The van der Waals surface area contributed by atoms with E-state index in [1.807, 2.05) is 57.4 Å². The van der Waals surface area contributed by atoms with E-state index in [9.17, 15) is 4.79 Å². The Kier molecular flexibility index (Phi) is 5.34. The molecule has 1 amide bonds. The van der Waals surface area contributed by atoms with Crippen molar-refractivity contribution >= 4 is 34.7 Å². The number of nitrogens with zero attached hydrogens (tertiary/aromatic N) is 2. The van der Waals surface area contributed by atoms with E-state index in [0.717, 1.165) is 16.8 Å². The molecular formula is C18H16N2OS2. The number of hydrogen-bond donors (Lipinski definition) is 0. The Hall–Kier alpha value is -2.24. The highest BCUT2D eigenvalue weighted by Crippen LogP contribution is 2.14. The molecule has 0 aliphatic heterocycles. The van der Waals surface area contributed by atoms with Crippen molar-refractivity contribution in [3.8, 4) is 0 Å². The van der Waals surface area contributed by atoms with Gasteiger partial charge in [-0.05, 0) is 63.0 Å². The minimum Gasteiger partial charge on any atom is -0.329 e. The van der Waals surface area contributed by atoms with Gasteiger partial charge in [0.25, 0.3) is 0 Å². The molecule has 0 aliphatic carbocycles. The molecule has 3 aromatic rings. The molecule has 23 heavy (non-hydrogen) atoms. The largest absolute Gasteiger partial charge is 0.329 e. The summed E-state index contributed by atoms with van der Waals surface area (Å²) in [4.78, 5) is 18.7. The molecule has 0 spiro atoms. The summed E-state index contributed by atoms with van der Waals surface area (Å²) >= 11 is 3.26. The molecule has 0 saturated heterocycles. The molecule has 0 aliphatic rings. The zero-order chi connectivity index (χ0) is 15.9. The van der Waals surface area contributed by atoms with E-state index in [4.69, 9.17) is 0 Å². The van der Waals surface area contributed by atoms with Crippen molar-refractivity contribution in [2.75, 3.05) is 0 Å². The van der Waals surface area contributed by atoms with Crippen LogP contribution in [0.1, 0.15) is 16.8 Å². The summed E-state index contributed by atoms with van der Waals surface area (Å²) < 4.78 is 0. The second-order valence-electron chi connectivity index (χ2n) is 5.04. The maximum absolute atomic E-state index is 12.6. The summed E-state index contributed by atoms with van der Waals surface area (Å²) in [5, 5.41) is 8.12. The van der Waals surface area contributed by atoms with Crippen LogP contribution in [0.25, 0.3) is 6.08 Å². The second kappa shape index (κ2) is 7.85. The standard InChI is InChI=1S/C18H16N2OS2/c21-18(5-4-15-6-9-22-13-15)20(11-16-7-10-23-14-16)12-17-3-1-2-8-19-17/h1-10,13-14H,11-12H2/b5-4+. The normalized spacial score (nSPS) is 11.0. The zero-order valence-electron chi connectivity index (χ0n) is 12.5. The first kappa shape index (κ1) is 15.6. The van der Waals surface area contributed by atoms with E-state index in [0.29, 0.717) is 13.1 Å². The quantitative estimate of drug-likeness (QED) is 0.621. The molecule has 0 unspecified atom stereocenters. The fourth-order valence-corrected chi connectivity index (χ4v) is 3.43. The lowest BCUT2D eigenvalue weighted by atomic mass is 10.2. The van der Waals surface area contributed by atoms with Gasteiger partial charge in [-0.1, -0.05) is 6.07 Å². The molecule has 3 heterocycles. The van der Waals surface area contributed by atoms with Crippen LogP contribution in [0.4, 0.5) is 0 Å². The fourth-order valence-electron chi connectivity index (χ4n) is 2.14. The maximum atomic E-state index is 12.6. The predicted octanol–water partition coefficient (Wildman–Crippen LogP) is 4.45. The van der Waals surface area contributed by atoms with E-state index in [2.05, 4.69) is 10.4 Å². The van der Waals surface area contributed by atoms with Gasteiger partial charge in [0.05, 0.1) is 12.2 Å². The van der Waals surface area contributed by atoms with E-state index >= 15 is 0 Å². The lowest BCUT2D eigenvalue weighted by Crippen LogP contribution is -2.28. The van der Waals surface area contributed by atoms with Crippen LogP contribution >= 0.6 is 22.7 Å². The van der Waals surface area contributed by atoms with E-state index in [-0.39, 0.29) is 5.91 Å². The number of carbonyl (C=O) groups excluding carboxylic acids is 1. The van der Waals surface area contributed by atoms with Crippen molar-refractivity contribution in [2.24, 2.45) is 0 Å². The van der Waals surface area contributed by atoms with Crippen LogP contribution in [0.5, 0.6) is 0 Å². The highest BCUT2D eigenvalue weighted by atomic mass is 32.1. The van der Waals surface area contributed by atoms with Crippen LogP contribution in [0.15, 0.2) is 64.1 Å². The Balaban J connectivity index is 1.74. The molecule has 0 aromatic carbocycles. The number of pyridine rings is 1. The molecule has 0 N–H and O–H groups in total. The molecule has 116 valence electrons. The van der Waals surface area contributed by atoms with Gasteiger partial charge >= 0.3 is 0 Å². The number of thiophene rings is 2. The minimum absolute atomic E-state index is 0.00643. The van der Waals surface area contributed by atoms with Gasteiger partial charge in [0, 0.05) is 18.8 Å².